The number of amides is 7. The first-order valence-electron chi connectivity index (χ1n) is 27.4. The van der Waals surface area contributed by atoms with E-state index in [4.69, 9.17) is 40.1 Å². The van der Waals surface area contributed by atoms with Crippen LogP contribution in [-0.4, -0.2) is 154 Å². The van der Waals surface area contributed by atoms with Crippen LogP contribution in [0.3, 0.4) is 0 Å². The number of aromatic amines is 2. The molecule has 0 saturated carbocycles. The van der Waals surface area contributed by atoms with Crippen LogP contribution >= 0.6 is 12.6 Å². The number of fused-ring (bicyclic) bond motifs is 2. The smallest absolute Gasteiger partial charge is 0.326 e. The minimum atomic E-state index is -1.42. The number of rotatable bonds is 35. The Morgan fingerprint density at radius 1 is 0.518 bits per heavy atom. The molecule has 0 bridgehead atoms. The number of nitrogens with one attached hydrogen (secondary N) is 9. The lowest BCUT2D eigenvalue weighted by molar-refractivity contribution is -0.142. The lowest BCUT2D eigenvalue weighted by Gasteiger charge is -2.30. The molecule has 0 aliphatic heterocycles. The topological polar surface area (TPSA) is 492 Å². The predicted octanol–water partition coefficient (Wildman–Crippen LogP) is -1.97. The number of nitrogens with two attached hydrogens (primary N) is 7. The Hall–Kier alpha value is -8.60. The van der Waals surface area contributed by atoms with E-state index in [1.807, 2.05) is 49.4 Å². The molecule has 7 amide bonds. The van der Waals surface area contributed by atoms with Gasteiger partial charge in [-0.25, -0.2) is 4.79 Å². The Morgan fingerprint density at radius 2 is 0.904 bits per heavy atom. The molecular formula is C54H83N19O9S. The van der Waals surface area contributed by atoms with Crippen molar-refractivity contribution in [2.45, 2.75) is 134 Å². The lowest BCUT2D eigenvalue weighted by atomic mass is 9.96. The molecule has 24 N–H and O–H groups in total. The zero-order chi connectivity index (χ0) is 61.3. The van der Waals surface area contributed by atoms with E-state index in [1.165, 1.54) is 0 Å². The number of carbonyl (C=O) groups is 8. The maximum atomic E-state index is 14.6. The van der Waals surface area contributed by atoms with Gasteiger partial charge in [-0.2, -0.15) is 12.6 Å². The van der Waals surface area contributed by atoms with Crippen molar-refractivity contribution in [2.75, 3.05) is 25.4 Å². The van der Waals surface area contributed by atoms with Crippen molar-refractivity contribution in [3.05, 3.63) is 72.1 Å². The Balaban J connectivity index is 1.61. The number of nitrogens with zero attached hydrogens (tertiary/aromatic N) is 3. The Kier molecular flexibility index (Phi) is 26.9. The summed E-state index contributed by atoms with van der Waals surface area (Å²) in [5.41, 5.74) is 41.6. The number of guanidine groups is 3. The zero-order valence-corrected chi connectivity index (χ0v) is 48.2. The van der Waals surface area contributed by atoms with Crippen molar-refractivity contribution in [3.63, 3.8) is 0 Å². The van der Waals surface area contributed by atoms with E-state index in [2.05, 4.69) is 74.8 Å². The second-order valence-corrected chi connectivity index (χ2v) is 20.9. The summed E-state index contributed by atoms with van der Waals surface area (Å²) in [5, 5.41) is 30.4. The highest BCUT2D eigenvalue weighted by Gasteiger charge is 2.36. The van der Waals surface area contributed by atoms with Crippen molar-refractivity contribution >= 4 is 99.6 Å². The number of carbonyl (C=O) groups excluding carboxylic acids is 7. The molecule has 4 rings (SSSR count). The van der Waals surface area contributed by atoms with Gasteiger partial charge in [0.15, 0.2) is 17.9 Å². The first kappa shape index (κ1) is 66.9. The standard InChI is InChI=1S/C54H83N19O9S/c1-5-29(4)43(73-44(74)34(55)15-10-20-62-52(56)57)50(80)70-40(24-31-26-66-36-17-9-7-14-33(31)36)47(77)72-42(28(2)3)49(79)71-41(27-83)48(78)69-39(23-30-25-65-35-16-8-6-13-32(30)35)46(76)67-37(18-11-21-63-53(58)59)45(75)68-38(51(81)82)19-12-22-64-54(60)61/h6-9,13-14,16-17,25-26,28-29,34,37-43,65-66,83H,5,10-12,15,18-24,27,55H2,1-4H3,(H,67,76)(H,68,75)(H,69,78)(H,70,80)(H,71,79)(H,72,77)(H,73,74)(H,81,82)(H4,56,57,62)(H4,58,59,63)(H4,60,61,64)/t29-,34-,37-,38-,39-,40-,41-,42-,43-/m0/s1. The first-order chi connectivity index (χ1) is 39.4. The largest absolute Gasteiger partial charge is 0.480 e. The maximum Gasteiger partial charge on any atom is 0.326 e. The number of H-pyrrole nitrogens is 2. The van der Waals surface area contributed by atoms with Gasteiger partial charge in [0.05, 0.1) is 6.04 Å². The van der Waals surface area contributed by atoms with Crippen LogP contribution in [0.15, 0.2) is 75.9 Å². The molecule has 4 aromatic rings. The third-order valence-corrected chi connectivity index (χ3v) is 14.1. The van der Waals surface area contributed by atoms with E-state index >= 15 is 0 Å². The third kappa shape index (κ3) is 21.3. The van der Waals surface area contributed by atoms with Crippen LogP contribution < -0.4 is 77.4 Å². The molecule has 29 heteroatoms. The van der Waals surface area contributed by atoms with E-state index in [1.54, 1.807) is 39.2 Å². The van der Waals surface area contributed by atoms with Crippen molar-refractivity contribution in [1.29, 1.82) is 0 Å². The zero-order valence-electron chi connectivity index (χ0n) is 47.3. The molecule has 0 aliphatic rings. The van der Waals surface area contributed by atoms with Crippen molar-refractivity contribution in [3.8, 4) is 0 Å². The van der Waals surface area contributed by atoms with Gasteiger partial charge in [0.1, 0.15) is 42.3 Å². The van der Waals surface area contributed by atoms with Crippen LogP contribution in [0, 0.1) is 11.8 Å². The van der Waals surface area contributed by atoms with E-state index in [0.717, 1.165) is 21.8 Å². The first-order valence-corrected chi connectivity index (χ1v) is 28.1. The number of carboxylic acid groups (broad SMARTS) is 1. The normalized spacial score (nSPS) is 14.4. The predicted molar refractivity (Wildman–Crippen MR) is 321 cm³/mol. The Bertz CT molecular complexity index is 2930. The highest BCUT2D eigenvalue weighted by atomic mass is 32.1. The van der Waals surface area contributed by atoms with Crippen LogP contribution in [-0.2, 0) is 51.2 Å². The monoisotopic (exact) mass is 1170 g/mol. The third-order valence-electron chi connectivity index (χ3n) is 13.8. The van der Waals surface area contributed by atoms with Crippen LogP contribution in [0.5, 0.6) is 0 Å². The van der Waals surface area contributed by atoms with Gasteiger partial charge >= 0.3 is 5.97 Å². The maximum absolute atomic E-state index is 14.6. The van der Waals surface area contributed by atoms with Gasteiger partial charge in [0.2, 0.25) is 41.4 Å². The van der Waals surface area contributed by atoms with E-state index < -0.39 is 107 Å². The highest BCUT2D eigenvalue weighted by Crippen LogP contribution is 2.22. The molecule has 0 fully saturated rings. The number of carboxylic acids is 1. The molecular weight excluding hydrogens is 1090 g/mol. The van der Waals surface area contributed by atoms with E-state index in [9.17, 15) is 43.5 Å². The molecule has 0 aliphatic carbocycles. The van der Waals surface area contributed by atoms with Gasteiger partial charge in [-0.05, 0) is 73.6 Å². The molecule has 454 valence electrons. The second kappa shape index (κ2) is 33.4. The number of aromatic nitrogens is 2. The Labute approximate surface area is 486 Å². The summed E-state index contributed by atoms with van der Waals surface area (Å²) in [4.78, 5) is 130. The average Bonchev–Trinajstić information content (AvgIpc) is 4.16. The van der Waals surface area contributed by atoms with E-state index in [0.29, 0.717) is 24.0 Å². The molecule has 0 saturated heterocycles. The molecule has 0 unspecified atom stereocenters. The lowest BCUT2D eigenvalue weighted by Crippen LogP contribution is -2.62. The fraction of sp³-hybridized carbons (Fsp3) is 0.500. The van der Waals surface area contributed by atoms with Gasteiger partial charge in [0.25, 0.3) is 0 Å². The number of aliphatic imine (C=N–C) groups is 3. The van der Waals surface area contributed by atoms with Crippen molar-refractivity contribution in [1.82, 2.24) is 47.2 Å². The number of para-hydroxylation sites is 2. The molecule has 2 aromatic carbocycles. The molecule has 2 heterocycles. The number of thiol groups is 1. The van der Waals surface area contributed by atoms with Crippen molar-refractivity contribution < 1.29 is 43.5 Å². The molecule has 2 aromatic heterocycles. The molecule has 0 spiro atoms. The second-order valence-electron chi connectivity index (χ2n) is 20.5. The fourth-order valence-corrected chi connectivity index (χ4v) is 9.19. The number of benzene rings is 2. The summed E-state index contributed by atoms with van der Waals surface area (Å²) in [6, 6.07) is 4.21. The molecule has 9 atom stereocenters. The minimum absolute atomic E-state index is 0.0535. The molecule has 83 heavy (non-hydrogen) atoms. The number of aliphatic carboxylic acids is 1. The Morgan fingerprint density at radius 3 is 1.37 bits per heavy atom. The number of hydrogen-bond donors (Lipinski definition) is 18. The van der Waals surface area contributed by atoms with Crippen LogP contribution in [0.4, 0.5) is 0 Å². The number of hydrogen-bond acceptors (Lipinski definition) is 13. The van der Waals surface area contributed by atoms with Crippen molar-refractivity contribution in [2.24, 2.45) is 66.9 Å². The highest BCUT2D eigenvalue weighted by molar-refractivity contribution is 7.80. The van der Waals surface area contributed by atoms with Crippen LogP contribution in [0.2, 0.25) is 0 Å². The van der Waals surface area contributed by atoms with Gasteiger partial charge in [-0.15, -0.1) is 0 Å². The minimum Gasteiger partial charge on any atom is -0.480 e. The average molecular weight is 1170 g/mol. The summed E-state index contributed by atoms with van der Waals surface area (Å²) < 4.78 is 0. The van der Waals surface area contributed by atoms with E-state index in [-0.39, 0.29) is 88.2 Å². The summed E-state index contributed by atoms with van der Waals surface area (Å²) in [7, 11) is 0. The summed E-state index contributed by atoms with van der Waals surface area (Å²) >= 11 is 4.40. The van der Waals surface area contributed by atoms with Gasteiger partial charge in [-0.3, -0.25) is 48.5 Å². The van der Waals surface area contributed by atoms with Crippen LogP contribution in [0.25, 0.3) is 21.8 Å². The van der Waals surface area contributed by atoms with Gasteiger partial charge < -0.3 is 92.4 Å². The van der Waals surface area contributed by atoms with Gasteiger partial charge in [0, 0.05) is 72.4 Å². The quantitative estimate of drug-likeness (QED) is 0.0103. The SMILES string of the molecule is CC[C@H](C)[C@H](NC(=O)[C@@H](N)CCCN=C(N)N)C(=O)N[C@@H](Cc1c[nH]c2ccccc12)C(=O)N[C@H](C(=O)N[C@@H](CS)C(=O)N[C@@H](Cc1c[nH]c2ccccc12)C(=O)N[C@@H](CCCN=C(N)N)C(=O)N[C@@H](CCCN=C(N)N)C(=O)O)C(C)C. The summed E-state index contributed by atoms with van der Waals surface area (Å²) in [6.07, 6.45) is 4.46. The molecule has 0 radical (unpaired) electrons. The fourth-order valence-electron chi connectivity index (χ4n) is 8.93. The summed E-state index contributed by atoms with van der Waals surface area (Å²) in [5.74, 6) is -8.58. The molecule has 28 nitrogen and oxygen atoms in total. The van der Waals surface area contributed by atoms with Gasteiger partial charge in [-0.1, -0.05) is 70.5 Å². The summed E-state index contributed by atoms with van der Waals surface area (Å²) in [6.45, 7) is 7.33. The van der Waals surface area contributed by atoms with Crippen LogP contribution in [0.1, 0.15) is 83.8 Å².